The molecule has 0 spiro atoms. The highest BCUT2D eigenvalue weighted by Gasteiger charge is 2.42. The minimum atomic E-state index is -0.327. The van der Waals surface area contributed by atoms with Crippen LogP contribution in [0.2, 0.25) is 0 Å². The lowest BCUT2D eigenvalue weighted by molar-refractivity contribution is -0.117. The number of carbonyl (C=O) groups is 5. The van der Waals surface area contributed by atoms with E-state index in [1.165, 1.54) is 19.3 Å². The van der Waals surface area contributed by atoms with Crippen LogP contribution in [0, 0.1) is 0 Å². The number of para-hydroxylation sites is 10. The SMILES string of the molecule is CCCCCCOc1ccc(C2Nc3ccccc3NC3=C2C(=O)NC3)c(OC)c1.CCCCOc1ccc(C2Nc3ccccc3NC3=C2C(=O)NC3)c(OCC)c1.CCCCOc1ccc(C2Nc3ccccc3NC3=C2C(=O)NC3)c(OCCC)c1.CCCOc1cc(OCC)ccc1C1Nc2ccccc2NC2=C1C(=O)NC2.CCCOc1ccc(C2Nc3ccccc3NC3=C2C(=O)NC3)c(OCC)c1. The van der Waals surface area contributed by atoms with Gasteiger partial charge in [0.25, 0.3) is 29.5 Å². The number of carbonyl (C=O) groups excluding carboxylic acids is 5. The highest BCUT2D eigenvalue weighted by atomic mass is 16.5. The molecule has 0 aromatic heterocycles. The summed E-state index contributed by atoms with van der Waals surface area (Å²) in [5.41, 5.74) is 22.0. The van der Waals surface area contributed by atoms with Gasteiger partial charge in [-0.15, -0.1) is 0 Å². The number of rotatable bonds is 35. The van der Waals surface area contributed by atoms with Gasteiger partial charge in [0, 0.05) is 86.6 Å². The zero-order chi connectivity index (χ0) is 101. The van der Waals surface area contributed by atoms with Crippen LogP contribution >= 0.6 is 0 Å². The second kappa shape index (κ2) is 49.8. The fourth-order valence-corrected chi connectivity index (χ4v) is 18.7. The van der Waals surface area contributed by atoms with E-state index in [0.717, 1.165) is 216 Å². The standard InChI is InChI=1S/2C24H29N3O3.C23H27N3O3.2C22H25N3O3/c1-3-4-5-8-13-30-16-11-12-17(21(14-16)29-2)23-22-20(15-25-24(22)28)26-18-9-6-7-10-19(18)27-23;1-3-5-13-29-16-10-11-17(21(14-16)30-12-4-2)23-22-20(15-25-24(22)28)26-18-8-6-7-9-19(18)27-23;1-3-5-12-29-15-10-11-16(20(13-15)28-4-2)22-21-19(14-24-23(21)27)25-17-8-6-7-9-18(17)26-22;1-3-11-28-14-9-10-15(19(12-14)27-4-2)21-20-18(13-23-22(20)26)24-16-7-5-6-8-17(16)25-21;1-3-11-28-19-12-14(27-4-2)9-10-15(19)21-20-18(13-23-22(20)26)24-16-7-5-6-8-17(16)25-21/h6-7,9-12,14,23,26-27H,3-5,8,13,15H2,1-2H3,(H,25,28);6-11,14,23,26-27H,3-5,12-13,15H2,1-2H3,(H,25,28);6-11,13,22,25-26H,3-5,12,14H2,1-2H3,(H,24,27);2*5-10,12,21,24-25H,3-4,11,13H2,1-2H3,(H,23,26). The van der Waals surface area contributed by atoms with Crippen LogP contribution in [-0.2, 0) is 24.0 Å². The normalized spacial score (nSPS) is 17.4. The third kappa shape index (κ3) is 24.4. The van der Waals surface area contributed by atoms with Crippen LogP contribution in [-0.4, -0.2) is 129 Å². The molecule has 0 saturated heterocycles. The molecule has 145 heavy (non-hydrogen) atoms. The van der Waals surface area contributed by atoms with Crippen LogP contribution in [0.25, 0.3) is 0 Å². The van der Waals surface area contributed by atoms with E-state index < -0.39 is 0 Å². The highest BCUT2D eigenvalue weighted by Crippen LogP contribution is 2.50. The molecule has 10 aliphatic heterocycles. The molecule has 5 atom stereocenters. The molecule has 0 saturated carbocycles. The van der Waals surface area contributed by atoms with E-state index in [0.29, 0.717) is 126 Å². The molecule has 10 heterocycles. The van der Waals surface area contributed by atoms with E-state index in [9.17, 15) is 24.0 Å². The van der Waals surface area contributed by atoms with Crippen molar-refractivity contribution in [1.82, 2.24) is 26.6 Å². The summed E-state index contributed by atoms with van der Waals surface area (Å²) in [5.74, 6) is 7.17. The number of anilines is 10. The Kier molecular flexibility index (Phi) is 35.1. The van der Waals surface area contributed by atoms with Crippen LogP contribution < -0.4 is 127 Å². The molecule has 5 unspecified atom stereocenters. The molecule has 0 radical (unpaired) electrons. The maximum Gasteiger partial charge on any atom is 0.251 e. The molecule has 760 valence electrons. The van der Waals surface area contributed by atoms with Gasteiger partial charge in [0.05, 0.1) is 214 Å². The van der Waals surface area contributed by atoms with Crippen molar-refractivity contribution in [2.45, 2.75) is 163 Å². The fraction of sp³-hybridized carbons (Fsp3) is 0.348. The monoisotopic (exact) mass is 1970 g/mol. The number of hydrogen-bond donors (Lipinski definition) is 15. The molecule has 20 rings (SSSR count). The summed E-state index contributed by atoms with van der Waals surface area (Å²) in [4.78, 5) is 63.5. The summed E-state index contributed by atoms with van der Waals surface area (Å²) in [6.45, 7) is 26.6. The zero-order valence-electron chi connectivity index (χ0n) is 84.4. The van der Waals surface area contributed by atoms with Crippen molar-refractivity contribution in [2.75, 3.05) is 152 Å². The molecule has 10 aromatic rings. The topological polar surface area (TPSA) is 358 Å². The first kappa shape index (κ1) is 102. The maximum absolute atomic E-state index is 12.7. The van der Waals surface area contributed by atoms with Crippen LogP contribution in [0.15, 0.2) is 269 Å². The first-order chi connectivity index (χ1) is 71.0. The average Bonchev–Trinajstić information content (AvgIpc) is 1.65. The first-order valence-corrected chi connectivity index (χ1v) is 51.1. The second-order valence-electron chi connectivity index (χ2n) is 36.0. The number of methoxy groups -OCH3 is 1. The second-order valence-corrected chi connectivity index (χ2v) is 36.0. The van der Waals surface area contributed by atoms with Crippen molar-refractivity contribution in [3.63, 3.8) is 0 Å². The number of nitrogens with one attached hydrogen (secondary N) is 15. The minimum absolute atomic E-state index is 0.0625. The number of ether oxygens (including phenoxy) is 10. The number of fused-ring (bicyclic) bond motifs is 5. The molecular formula is C115H135N15O15. The van der Waals surface area contributed by atoms with Crippen molar-refractivity contribution in [1.29, 1.82) is 0 Å². The molecule has 5 amide bonds. The van der Waals surface area contributed by atoms with E-state index in [1.54, 1.807) is 7.11 Å². The molecule has 0 bridgehead atoms. The number of benzene rings is 10. The smallest absolute Gasteiger partial charge is 0.251 e. The summed E-state index contributed by atoms with van der Waals surface area (Å²) in [7, 11) is 1.65. The van der Waals surface area contributed by atoms with Crippen LogP contribution in [0.5, 0.6) is 57.5 Å². The van der Waals surface area contributed by atoms with Crippen molar-refractivity contribution < 1.29 is 71.3 Å². The summed E-state index contributed by atoms with van der Waals surface area (Å²) < 4.78 is 58.8. The van der Waals surface area contributed by atoms with Crippen molar-refractivity contribution >= 4 is 86.4 Å². The summed E-state index contributed by atoms with van der Waals surface area (Å²) >= 11 is 0. The van der Waals surface area contributed by atoms with Crippen molar-refractivity contribution in [2.24, 2.45) is 0 Å². The molecule has 30 heteroatoms. The Morgan fingerprint density at radius 3 is 0.710 bits per heavy atom. The van der Waals surface area contributed by atoms with E-state index in [4.69, 9.17) is 47.4 Å². The Morgan fingerprint density at radius 2 is 0.455 bits per heavy atom. The molecule has 0 fully saturated rings. The molecule has 10 aliphatic rings. The van der Waals surface area contributed by atoms with Crippen LogP contribution in [0.1, 0.15) is 191 Å². The lowest BCUT2D eigenvalue weighted by Gasteiger charge is -2.23. The zero-order valence-corrected chi connectivity index (χ0v) is 84.4. The fourth-order valence-electron chi connectivity index (χ4n) is 18.7. The largest absolute Gasteiger partial charge is 0.496 e. The lowest BCUT2D eigenvalue weighted by atomic mass is 9.96. The van der Waals surface area contributed by atoms with E-state index >= 15 is 0 Å². The van der Waals surface area contributed by atoms with Crippen LogP contribution in [0.3, 0.4) is 0 Å². The number of hydrogen-bond acceptors (Lipinski definition) is 25. The van der Waals surface area contributed by atoms with Gasteiger partial charge in [-0.3, -0.25) is 24.0 Å². The van der Waals surface area contributed by atoms with Gasteiger partial charge in [-0.1, -0.05) is 134 Å². The third-order valence-electron chi connectivity index (χ3n) is 25.8. The van der Waals surface area contributed by atoms with Gasteiger partial charge in [0.1, 0.15) is 57.5 Å². The number of unbranched alkanes of at least 4 members (excludes halogenated alkanes) is 5. The van der Waals surface area contributed by atoms with E-state index in [-0.39, 0.29) is 59.7 Å². The predicted molar refractivity (Wildman–Crippen MR) is 572 cm³/mol. The van der Waals surface area contributed by atoms with Gasteiger partial charge < -0.3 is 127 Å². The Bertz CT molecular complexity index is 6470. The van der Waals surface area contributed by atoms with Crippen molar-refractivity contribution in [3.05, 3.63) is 296 Å². The highest BCUT2D eigenvalue weighted by molar-refractivity contribution is 6.05. The van der Waals surface area contributed by atoms with Gasteiger partial charge in [0.2, 0.25) is 0 Å². The minimum Gasteiger partial charge on any atom is -0.496 e. The molecular weight excluding hydrogens is 1830 g/mol. The van der Waals surface area contributed by atoms with Crippen molar-refractivity contribution in [3.8, 4) is 57.5 Å². The Labute approximate surface area is 849 Å². The lowest BCUT2D eigenvalue weighted by Crippen LogP contribution is -2.24. The van der Waals surface area contributed by atoms with Crippen LogP contribution in [0.4, 0.5) is 56.9 Å². The van der Waals surface area contributed by atoms with Gasteiger partial charge in [-0.25, -0.2) is 0 Å². The maximum atomic E-state index is 12.7. The van der Waals surface area contributed by atoms with Gasteiger partial charge in [-0.05, 0) is 181 Å². The number of amides is 5. The summed E-state index contributed by atoms with van der Waals surface area (Å²) in [6, 6.07) is 67.6. The third-order valence-corrected chi connectivity index (χ3v) is 25.8. The van der Waals surface area contributed by atoms with Gasteiger partial charge in [0.15, 0.2) is 0 Å². The Hall–Kier alpha value is -15.8. The van der Waals surface area contributed by atoms with E-state index in [1.807, 2.05) is 233 Å². The van der Waals surface area contributed by atoms with Gasteiger partial charge in [-0.2, -0.15) is 0 Å². The summed E-state index contributed by atoms with van der Waals surface area (Å²) in [6.07, 6.45) is 11.6. The van der Waals surface area contributed by atoms with Gasteiger partial charge >= 0.3 is 0 Å². The molecule has 15 N–H and O–H groups in total. The average molecular weight is 1970 g/mol. The molecule has 0 aliphatic carbocycles. The summed E-state index contributed by atoms with van der Waals surface area (Å²) in [5, 5.41) is 49.5. The Morgan fingerprint density at radius 1 is 0.228 bits per heavy atom. The predicted octanol–water partition coefficient (Wildman–Crippen LogP) is 21.1. The Balaban J connectivity index is 0.000000130. The molecule has 10 aromatic carbocycles. The first-order valence-electron chi connectivity index (χ1n) is 51.1. The quantitative estimate of drug-likeness (QED) is 0.0164. The van der Waals surface area contributed by atoms with E-state index in [2.05, 4.69) is 121 Å². The molecule has 30 nitrogen and oxygen atoms in total.